The Morgan fingerprint density at radius 2 is 1.50 bits per heavy atom. The fourth-order valence-corrected chi connectivity index (χ4v) is 4.73. The molecule has 1 fully saturated rings. The van der Waals surface area contributed by atoms with E-state index in [9.17, 15) is 5.11 Å². The molecule has 0 aromatic heterocycles. The van der Waals surface area contributed by atoms with Gasteiger partial charge in [-0.2, -0.15) is 0 Å². The first-order chi connectivity index (χ1) is 4.79. The Balaban J connectivity index is 2.41. The lowest BCUT2D eigenvalue weighted by atomic mass is 10.1. The van der Waals surface area contributed by atoms with E-state index in [1.54, 1.807) is 0 Å². The van der Waals surface area contributed by atoms with Crippen molar-refractivity contribution in [1.29, 1.82) is 0 Å². The standard InChI is InChI=1S/C7H14OS2/c1-3-5-7(8)6(4-2)10-9-5/h5-8H,3-4H2,1-2H3. The molecule has 0 aromatic carbocycles. The highest BCUT2D eigenvalue weighted by molar-refractivity contribution is 8.77. The summed E-state index contributed by atoms with van der Waals surface area (Å²) < 4.78 is 0. The van der Waals surface area contributed by atoms with Crippen LogP contribution in [0.15, 0.2) is 0 Å². The summed E-state index contributed by atoms with van der Waals surface area (Å²) in [5, 5.41) is 10.6. The van der Waals surface area contributed by atoms with Gasteiger partial charge in [0, 0.05) is 10.5 Å². The minimum Gasteiger partial charge on any atom is -0.391 e. The molecule has 0 aliphatic carbocycles. The number of hydrogen-bond donors (Lipinski definition) is 1. The van der Waals surface area contributed by atoms with Gasteiger partial charge in [-0.3, -0.25) is 0 Å². The largest absolute Gasteiger partial charge is 0.391 e. The van der Waals surface area contributed by atoms with Crippen LogP contribution in [0.3, 0.4) is 0 Å². The van der Waals surface area contributed by atoms with Crippen molar-refractivity contribution in [3.05, 3.63) is 0 Å². The third-order valence-electron chi connectivity index (χ3n) is 1.87. The first-order valence-electron chi connectivity index (χ1n) is 3.79. The molecule has 1 heterocycles. The zero-order valence-electron chi connectivity index (χ0n) is 6.41. The first-order valence-corrected chi connectivity index (χ1v) is 6.07. The molecule has 1 rings (SSSR count). The summed E-state index contributed by atoms with van der Waals surface area (Å²) in [5.41, 5.74) is 0. The highest BCUT2D eigenvalue weighted by Crippen LogP contribution is 2.45. The van der Waals surface area contributed by atoms with E-state index in [0.717, 1.165) is 12.8 Å². The van der Waals surface area contributed by atoms with Gasteiger partial charge in [0.25, 0.3) is 0 Å². The van der Waals surface area contributed by atoms with Crippen molar-refractivity contribution >= 4 is 21.6 Å². The maximum absolute atomic E-state index is 9.61. The Labute approximate surface area is 70.4 Å². The fraction of sp³-hybridized carbons (Fsp3) is 1.00. The Hall–Kier alpha value is 0.660. The lowest BCUT2D eigenvalue weighted by Crippen LogP contribution is -2.26. The minimum atomic E-state index is -0.0648. The highest BCUT2D eigenvalue weighted by atomic mass is 33.1. The van der Waals surface area contributed by atoms with E-state index >= 15 is 0 Å². The number of aliphatic hydroxyl groups excluding tert-OH is 1. The van der Waals surface area contributed by atoms with Gasteiger partial charge in [0.15, 0.2) is 0 Å². The van der Waals surface area contributed by atoms with E-state index in [4.69, 9.17) is 0 Å². The second-order valence-corrected chi connectivity index (χ2v) is 5.33. The van der Waals surface area contributed by atoms with Crippen LogP contribution in [0.1, 0.15) is 26.7 Å². The van der Waals surface area contributed by atoms with E-state index < -0.39 is 0 Å². The van der Waals surface area contributed by atoms with Crippen LogP contribution >= 0.6 is 21.6 Å². The monoisotopic (exact) mass is 178 g/mol. The molecule has 1 aliphatic rings. The summed E-state index contributed by atoms with van der Waals surface area (Å²) in [4.78, 5) is 0. The molecule has 3 heteroatoms. The summed E-state index contributed by atoms with van der Waals surface area (Å²) in [6, 6.07) is 0. The van der Waals surface area contributed by atoms with Gasteiger partial charge < -0.3 is 5.11 Å². The normalized spacial score (nSPS) is 40.5. The number of rotatable bonds is 2. The molecule has 1 N–H and O–H groups in total. The Kier molecular flexibility index (Phi) is 3.40. The van der Waals surface area contributed by atoms with Crippen LogP contribution in [0.4, 0.5) is 0 Å². The van der Waals surface area contributed by atoms with Crippen LogP contribution in [0, 0.1) is 0 Å². The highest BCUT2D eigenvalue weighted by Gasteiger charge is 2.33. The number of hydrogen-bond acceptors (Lipinski definition) is 3. The average Bonchev–Trinajstić information content (AvgIpc) is 2.30. The van der Waals surface area contributed by atoms with Crippen LogP contribution in [0.25, 0.3) is 0 Å². The Morgan fingerprint density at radius 1 is 1.10 bits per heavy atom. The molecular weight excluding hydrogens is 164 g/mol. The second-order valence-electron chi connectivity index (χ2n) is 2.58. The average molecular weight is 178 g/mol. The Bertz CT molecular complexity index is 95.8. The van der Waals surface area contributed by atoms with Crippen molar-refractivity contribution in [2.45, 2.75) is 43.3 Å². The number of aliphatic hydroxyl groups is 1. The summed E-state index contributed by atoms with van der Waals surface area (Å²) >= 11 is 0. The van der Waals surface area contributed by atoms with E-state index in [1.165, 1.54) is 0 Å². The lowest BCUT2D eigenvalue weighted by molar-refractivity contribution is 0.168. The molecule has 0 aromatic rings. The summed E-state index contributed by atoms with van der Waals surface area (Å²) in [6.45, 7) is 4.28. The summed E-state index contributed by atoms with van der Waals surface area (Å²) in [5.74, 6) is 0. The fourth-order valence-electron chi connectivity index (χ4n) is 1.12. The molecule has 0 amide bonds. The van der Waals surface area contributed by atoms with Crippen LogP contribution in [0.2, 0.25) is 0 Å². The second kappa shape index (κ2) is 3.88. The molecule has 10 heavy (non-hydrogen) atoms. The molecule has 0 saturated carbocycles. The van der Waals surface area contributed by atoms with Gasteiger partial charge in [0.2, 0.25) is 0 Å². The quantitative estimate of drug-likeness (QED) is 0.655. The zero-order chi connectivity index (χ0) is 7.56. The molecular formula is C7H14OS2. The maximum atomic E-state index is 9.61. The first kappa shape index (κ1) is 8.75. The Morgan fingerprint density at radius 3 is 1.70 bits per heavy atom. The van der Waals surface area contributed by atoms with Crippen LogP contribution in [-0.2, 0) is 0 Å². The van der Waals surface area contributed by atoms with E-state index in [-0.39, 0.29) is 6.10 Å². The van der Waals surface area contributed by atoms with E-state index in [2.05, 4.69) is 13.8 Å². The van der Waals surface area contributed by atoms with Crippen molar-refractivity contribution in [3.8, 4) is 0 Å². The topological polar surface area (TPSA) is 20.2 Å². The third kappa shape index (κ3) is 1.63. The van der Waals surface area contributed by atoms with E-state index in [1.807, 2.05) is 21.6 Å². The van der Waals surface area contributed by atoms with Crippen LogP contribution in [-0.4, -0.2) is 21.7 Å². The molecule has 0 radical (unpaired) electrons. The van der Waals surface area contributed by atoms with Crippen LogP contribution < -0.4 is 0 Å². The summed E-state index contributed by atoms with van der Waals surface area (Å²) in [6.07, 6.45) is 2.12. The zero-order valence-corrected chi connectivity index (χ0v) is 8.04. The predicted molar refractivity (Wildman–Crippen MR) is 49.3 cm³/mol. The van der Waals surface area contributed by atoms with Gasteiger partial charge in [-0.25, -0.2) is 0 Å². The molecule has 60 valence electrons. The van der Waals surface area contributed by atoms with Crippen molar-refractivity contribution in [3.63, 3.8) is 0 Å². The van der Waals surface area contributed by atoms with Crippen molar-refractivity contribution in [2.75, 3.05) is 0 Å². The van der Waals surface area contributed by atoms with Crippen molar-refractivity contribution in [2.24, 2.45) is 0 Å². The van der Waals surface area contributed by atoms with Gasteiger partial charge in [-0.1, -0.05) is 35.4 Å². The van der Waals surface area contributed by atoms with Crippen molar-refractivity contribution < 1.29 is 5.11 Å². The van der Waals surface area contributed by atoms with Crippen molar-refractivity contribution in [1.82, 2.24) is 0 Å². The van der Waals surface area contributed by atoms with Gasteiger partial charge in [-0.15, -0.1) is 0 Å². The lowest BCUT2D eigenvalue weighted by Gasteiger charge is -2.13. The van der Waals surface area contributed by atoms with Gasteiger partial charge in [0.05, 0.1) is 6.10 Å². The molecule has 1 aliphatic heterocycles. The third-order valence-corrected chi connectivity index (χ3v) is 5.52. The predicted octanol–water partition coefficient (Wildman–Crippen LogP) is 2.30. The molecule has 2 unspecified atom stereocenters. The summed E-state index contributed by atoms with van der Waals surface area (Å²) in [7, 11) is 3.70. The molecule has 2 atom stereocenters. The van der Waals surface area contributed by atoms with Gasteiger partial charge in [-0.05, 0) is 12.8 Å². The van der Waals surface area contributed by atoms with E-state index in [0.29, 0.717) is 10.5 Å². The smallest absolute Gasteiger partial charge is 0.0793 e. The van der Waals surface area contributed by atoms with Gasteiger partial charge in [0.1, 0.15) is 0 Å². The molecule has 1 nitrogen and oxygen atoms in total. The molecule has 0 bridgehead atoms. The minimum absolute atomic E-state index is 0.0648. The maximum Gasteiger partial charge on any atom is 0.0793 e. The molecule has 0 spiro atoms. The molecule has 1 saturated heterocycles. The SMILES string of the molecule is CCC1SSC(CC)C1O. The van der Waals surface area contributed by atoms with Crippen LogP contribution in [0.5, 0.6) is 0 Å². The van der Waals surface area contributed by atoms with Gasteiger partial charge >= 0.3 is 0 Å².